The van der Waals surface area contributed by atoms with E-state index >= 15 is 0 Å². The predicted molar refractivity (Wildman–Crippen MR) is 144 cm³/mol. The molecule has 0 aliphatic carbocycles. The van der Waals surface area contributed by atoms with Crippen LogP contribution in [0.3, 0.4) is 0 Å². The molecule has 0 saturated carbocycles. The molecule has 0 aliphatic rings. The van der Waals surface area contributed by atoms with Gasteiger partial charge in [0.2, 0.25) is 0 Å². The number of fused-ring (bicyclic) bond motifs is 1. The number of carboxylic acids is 1. The molecule has 0 aliphatic heterocycles. The van der Waals surface area contributed by atoms with Gasteiger partial charge in [-0.2, -0.15) is 0 Å². The molecular formula is C30H41NO5. The number of carbonyl (C=O) groups is 1. The summed E-state index contributed by atoms with van der Waals surface area (Å²) in [6.45, 7) is 13.1. The van der Waals surface area contributed by atoms with Gasteiger partial charge in [0, 0.05) is 10.8 Å². The maximum Gasteiger partial charge on any atom is 0.317 e. The van der Waals surface area contributed by atoms with Crippen molar-refractivity contribution in [1.82, 2.24) is 4.90 Å². The van der Waals surface area contributed by atoms with Gasteiger partial charge in [0.05, 0.1) is 19.2 Å². The smallest absolute Gasteiger partial charge is 0.317 e. The van der Waals surface area contributed by atoms with E-state index in [0.29, 0.717) is 6.54 Å². The first-order valence-electron chi connectivity index (χ1n) is 12.7. The van der Waals surface area contributed by atoms with Crippen molar-refractivity contribution in [3.05, 3.63) is 64.9 Å². The zero-order valence-electron chi connectivity index (χ0n) is 22.7. The highest BCUT2D eigenvalue weighted by molar-refractivity contribution is 5.79. The molecule has 0 radical (unpaired) electrons. The number of benzene rings is 2. The summed E-state index contributed by atoms with van der Waals surface area (Å²) in [4.78, 5) is 12.7. The lowest BCUT2D eigenvalue weighted by atomic mass is 9.70. The highest BCUT2D eigenvalue weighted by atomic mass is 16.5. The fourth-order valence-corrected chi connectivity index (χ4v) is 4.78. The molecule has 2 N–H and O–H groups in total. The fourth-order valence-electron chi connectivity index (χ4n) is 4.78. The van der Waals surface area contributed by atoms with E-state index < -0.39 is 12.1 Å². The molecule has 6 heteroatoms. The van der Waals surface area contributed by atoms with Gasteiger partial charge in [-0.15, -0.1) is 0 Å². The van der Waals surface area contributed by atoms with E-state index in [9.17, 15) is 9.90 Å². The second kappa shape index (κ2) is 11.1. The number of nitrogens with zero attached hydrogens (tertiary/aromatic N) is 1. The number of likely N-dealkylation sites (N-methyl/N-ethyl adjacent to an activating group) is 1. The molecule has 0 spiro atoms. The first-order valence-corrected chi connectivity index (χ1v) is 12.7. The number of aliphatic hydroxyl groups excluding tert-OH is 1. The summed E-state index contributed by atoms with van der Waals surface area (Å²) in [5.74, 6) is 0.683. The Morgan fingerprint density at radius 2 is 1.69 bits per heavy atom. The van der Waals surface area contributed by atoms with E-state index in [1.807, 2.05) is 39.8 Å². The molecule has 0 saturated heterocycles. The first kappa shape index (κ1) is 27.8. The van der Waals surface area contributed by atoms with Gasteiger partial charge in [0.1, 0.15) is 23.7 Å². The van der Waals surface area contributed by atoms with E-state index in [-0.39, 0.29) is 24.0 Å². The van der Waals surface area contributed by atoms with Gasteiger partial charge in [-0.1, -0.05) is 58.9 Å². The Morgan fingerprint density at radius 3 is 2.28 bits per heavy atom. The number of hydrogen-bond acceptors (Lipinski definition) is 5. The van der Waals surface area contributed by atoms with Crippen LogP contribution >= 0.6 is 0 Å². The number of furan rings is 1. The van der Waals surface area contributed by atoms with Crippen LogP contribution in [0.15, 0.2) is 46.9 Å². The highest BCUT2D eigenvalue weighted by Gasteiger charge is 2.32. The van der Waals surface area contributed by atoms with Crippen molar-refractivity contribution in [2.45, 2.75) is 72.4 Å². The van der Waals surface area contributed by atoms with Gasteiger partial charge in [-0.25, -0.2) is 0 Å². The van der Waals surface area contributed by atoms with Gasteiger partial charge in [-0.3, -0.25) is 9.69 Å². The van der Waals surface area contributed by atoms with Crippen LogP contribution in [0.2, 0.25) is 0 Å². The summed E-state index contributed by atoms with van der Waals surface area (Å²) in [7, 11) is 1.77. The molecule has 0 bridgehead atoms. The summed E-state index contributed by atoms with van der Waals surface area (Å²) < 4.78 is 12.1. The number of ether oxygens (including phenoxy) is 1. The summed E-state index contributed by atoms with van der Waals surface area (Å²) in [5.41, 5.74) is 3.85. The largest absolute Gasteiger partial charge is 0.491 e. The molecule has 1 atom stereocenters. The van der Waals surface area contributed by atoms with Crippen molar-refractivity contribution in [2.24, 2.45) is 5.41 Å². The maximum atomic E-state index is 11.0. The van der Waals surface area contributed by atoms with Crippen LogP contribution in [0.1, 0.15) is 69.9 Å². The predicted octanol–water partition coefficient (Wildman–Crippen LogP) is 6.15. The Kier molecular flexibility index (Phi) is 8.52. The molecule has 1 unspecified atom stereocenters. The second-order valence-electron chi connectivity index (χ2n) is 11.0. The summed E-state index contributed by atoms with van der Waals surface area (Å²) >= 11 is 0. The summed E-state index contributed by atoms with van der Waals surface area (Å²) in [6.07, 6.45) is 1.30. The fraction of sp³-hybridized carbons (Fsp3) is 0.500. The van der Waals surface area contributed by atoms with E-state index in [4.69, 9.17) is 14.3 Å². The Hall–Kier alpha value is -2.83. The van der Waals surface area contributed by atoms with Crippen molar-refractivity contribution in [2.75, 3.05) is 20.2 Å². The minimum Gasteiger partial charge on any atom is -0.491 e. The Bertz CT molecular complexity index is 1190. The van der Waals surface area contributed by atoms with Crippen molar-refractivity contribution < 1.29 is 24.2 Å². The number of aliphatic carboxylic acids is 1. The monoisotopic (exact) mass is 495 g/mol. The number of carboxylic acid groups (broad SMARTS) is 1. The molecular weight excluding hydrogens is 454 g/mol. The van der Waals surface area contributed by atoms with Crippen LogP contribution in [0.5, 0.6) is 5.75 Å². The van der Waals surface area contributed by atoms with E-state index in [1.165, 1.54) is 11.1 Å². The van der Waals surface area contributed by atoms with Crippen molar-refractivity contribution in [3.63, 3.8) is 0 Å². The topological polar surface area (TPSA) is 83.1 Å². The Balaban J connectivity index is 1.89. The number of aliphatic hydroxyl groups is 1. The minimum atomic E-state index is -0.858. The van der Waals surface area contributed by atoms with Gasteiger partial charge in [0.15, 0.2) is 0 Å². The molecule has 0 amide bonds. The number of aryl methyl sites for hydroxylation is 1. The Morgan fingerprint density at radius 1 is 1.06 bits per heavy atom. The lowest BCUT2D eigenvalue weighted by Gasteiger charge is -2.34. The van der Waals surface area contributed by atoms with Crippen LogP contribution in [0, 0.1) is 12.3 Å². The van der Waals surface area contributed by atoms with Crippen molar-refractivity contribution in [3.8, 4) is 5.75 Å². The number of rotatable bonds is 11. The summed E-state index contributed by atoms with van der Waals surface area (Å²) in [6, 6.07) is 14.7. The van der Waals surface area contributed by atoms with Crippen LogP contribution in [-0.2, 0) is 16.8 Å². The van der Waals surface area contributed by atoms with Gasteiger partial charge < -0.3 is 19.4 Å². The zero-order chi connectivity index (χ0) is 26.7. The molecule has 6 nitrogen and oxygen atoms in total. The quantitative estimate of drug-likeness (QED) is 0.332. The molecule has 196 valence electrons. The molecule has 3 rings (SSSR count). The highest BCUT2D eigenvalue weighted by Crippen LogP contribution is 2.41. The van der Waals surface area contributed by atoms with E-state index in [0.717, 1.165) is 40.9 Å². The average Bonchev–Trinajstić information content (AvgIpc) is 3.19. The minimum absolute atomic E-state index is 0.0364. The SMILES string of the molecule is CCC(CC)(c1ccc(OCC(O)C(C)(C)C)c(C)c1)c1ccc2cc(CN(C)CC(=O)O)oc2c1. The Labute approximate surface area is 214 Å². The first-order chi connectivity index (χ1) is 16.9. The summed E-state index contributed by atoms with van der Waals surface area (Å²) in [5, 5.41) is 20.4. The van der Waals surface area contributed by atoms with Gasteiger partial charge in [0.25, 0.3) is 0 Å². The number of hydrogen-bond donors (Lipinski definition) is 2. The van der Waals surface area contributed by atoms with Crippen LogP contribution < -0.4 is 4.74 Å². The van der Waals surface area contributed by atoms with E-state index in [1.54, 1.807) is 11.9 Å². The van der Waals surface area contributed by atoms with Crippen LogP contribution in [0.25, 0.3) is 11.0 Å². The molecule has 1 heterocycles. The average molecular weight is 496 g/mol. The van der Waals surface area contributed by atoms with Crippen LogP contribution in [0.4, 0.5) is 0 Å². The normalized spacial score (nSPS) is 13.4. The van der Waals surface area contributed by atoms with E-state index in [2.05, 4.69) is 44.2 Å². The standard InChI is InChI=1S/C30H41NO5/c1-8-30(9-2,22-12-13-25(20(3)14-22)35-19-27(32)29(4,5)6)23-11-10-21-15-24(36-26(21)16-23)17-31(7)18-28(33)34/h10-16,27,32H,8-9,17-19H2,1-7H3,(H,33,34). The third kappa shape index (κ3) is 6.11. The van der Waals surface area contributed by atoms with Gasteiger partial charge in [-0.05, 0) is 67.1 Å². The second-order valence-corrected chi connectivity index (χ2v) is 11.0. The third-order valence-electron chi connectivity index (χ3n) is 7.29. The molecule has 36 heavy (non-hydrogen) atoms. The maximum absolute atomic E-state index is 11.0. The molecule has 1 aromatic heterocycles. The third-order valence-corrected chi connectivity index (χ3v) is 7.29. The van der Waals surface area contributed by atoms with Gasteiger partial charge >= 0.3 is 5.97 Å². The lowest BCUT2D eigenvalue weighted by Crippen LogP contribution is -2.32. The molecule has 3 aromatic rings. The van der Waals surface area contributed by atoms with Crippen molar-refractivity contribution >= 4 is 16.9 Å². The van der Waals surface area contributed by atoms with Crippen molar-refractivity contribution in [1.29, 1.82) is 0 Å². The molecule has 2 aromatic carbocycles. The molecule has 0 fully saturated rings. The lowest BCUT2D eigenvalue weighted by molar-refractivity contribution is -0.138. The van der Waals surface area contributed by atoms with Crippen LogP contribution in [-0.4, -0.2) is 47.4 Å². The zero-order valence-corrected chi connectivity index (χ0v) is 22.7.